The molecule has 0 aliphatic heterocycles. The molecule has 1 heterocycles. The zero-order chi connectivity index (χ0) is 14.0. The van der Waals surface area contributed by atoms with Crippen LogP contribution in [0.25, 0.3) is 0 Å². The summed E-state index contributed by atoms with van der Waals surface area (Å²) in [6.07, 6.45) is 3.21. The molecule has 0 aromatic carbocycles. The average molecular weight is 269 g/mol. The molecule has 2 rings (SSSR count). The highest BCUT2D eigenvalue weighted by Gasteiger charge is 2.32. The van der Waals surface area contributed by atoms with Crippen LogP contribution in [0.3, 0.4) is 0 Å². The smallest absolute Gasteiger partial charge is 0.168 e. The number of hydrogen-bond acceptors (Lipinski definition) is 3. The van der Waals surface area contributed by atoms with E-state index in [1.165, 1.54) is 12.8 Å². The van der Waals surface area contributed by atoms with E-state index in [1.807, 2.05) is 18.9 Å². The highest BCUT2D eigenvalue weighted by Crippen LogP contribution is 2.36. The molecule has 0 radical (unpaired) electrons. The first-order valence-corrected chi connectivity index (χ1v) is 6.87. The molecule has 1 fully saturated rings. The largest absolute Gasteiger partial charge is 0.368 e. The van der Waals surface area contributed by atoms with Gasteiger partial charge in [-0.3, -0.25) is 0 Å². The minimum atomic E-state index is -0.637. The summed E-state index contributed by atoms with van der Waals surface area (Å²) in [5.74, 6) is -0.285. The summed E-state index contributed by atoms with van der Waals surface area (Å²) in [5.41, 5.74) is 0. The first-order chi connectivity index (χ1) is 9.04. The van der Waals surface area contributed by atoms with Gasteiger partial charge in [-0.05, 0) is 32.1 Å². The Hall–Kier alpha value is -1.39. The second-order valence-electron chi connectivity index (χ2n) is 5.24. The van der Waals surface area contributed by atoms with Crippen molar-refractivity contribution in [1.82, 2.24) is 4.98 Å². The lowest BCUT2D eigenvalue weighted by Gasteiger charge is -2.26. The van der Waals surface area contributed by atoms with Crippen LogP contribution in [0.4, 0.5) is 20.4 Å². The topological polar surface area (TPSA) is 28.2 Å². The van der Waals surface area contributed by atoms with Crippen LogP contribution in [-0.2, 0) is 0 Å². The lowest BCUT2D eigenvalue weighted by molar-refractivity contribution is 0.549. The van der Waals surface area contributed by atoms with E-state index >= 15 is 0 Å². The van der Waals surface area contributed by atoms with Crippen molar-refractivity contribution in [2.75, 3.05) is 23.8 Å². The molecule has 1 unspecified atom stereocenters. The zero-order valence-electron chi connectivity index (χ0n) is 11.7. The number of pyridine rings is 1. The zero-order valence-corrected chi connectivity index (χ0v) is 11.7. The number of nitrogens with zero attached hydrogens (tertiary/aromatic N) is 2. The molecule has 1 atom stereocenters. The van der Waals surface area contributed by atoms with Gasteiger partial charge >= 0.3 is 0 Å². The molecule has 0 saturated heterocycles. The number of halogens is 2. The van der Waals surface area contributed by atoms with Gasteiger partial charge in [0.05, 0.1) is 0 Å². The first-order valence-electron chi connectivity index (χ1n) is 6.87. The van der Waals surface area contributed by atoms with Gasteiger partial charge in [-0.25, -0.2) is 13.8 Å². The number of aromatic nitrogens is 1. The highest BCUT2D eigenvalue weighted by atomic mass is 19.1. The number of hydrogen-bond donors (Lipinski definition) is 1. The van der Waals surface area contributed by atoms with Crippen molar-refractivity contribution >= 4 is 11.6 Å². The quantitative estimate of drug-likeness (QED) is 0.857. The fourth-order valence-corrected chi connectivity index (χ4v) is 2.16. The first kappa shape index (κ1) is 14.0. The Morgan fingerprint density at radius 1 is 1.42 bits per heavy atom. The molecule has 1 aromatic heterocycles. The standard InChI is InChI=1S/C14H21F2N3/c1-4-7-17-13-11(15)8-12(16)14(18-13)19(3)9(2)10-5-6-10/h8-10H,4-7H2,1-3H3,(H,17,18). The second kappa shape index (κ2) is 5.72. The van der Waals surface area contributed by atoms with Crippen molar-refractivity contribution in [2.45, 2.75) is 39.2 Å². The van der Waals surface area contributed by atoms with Gasteiger partial charge in [-0.1, -0.05) is 6.92 Å². The third-order valence-electron chi connectivity index (χ3n) is 3.70. The lowest BCUT2D eigenvalue weighted by Crippen LogP contribution is -2.32. The minimum Gasteiger partial charge on any atom is -0.368 e. The van der Waals surface area contributed by atoms with E-state index in [9.17, 15) is 8.78 Å². The van der Waals surface area contributed by atoms with Crippen LogP contribution in [0, 0.1) is 17.6 Å². The van der Waals surface area contributed by atoms with Crippen molar-refractivity contribution in [2.24, 2.45) is 5.92 Å². The summed E-state index contributed by atoms with van der Waals surface area (Å²) in [6.45, 7) is 4.66. The van der Waals surface area contributed by atoms with Gasteiger partial charge in [0.25, 0.3) is 0 Å². The fraction of sp³-hybridized carbons (Fsp3) is 0.643. The van der Waals surface area contributed by atoms with Crippen molar-refractivity contribution in [1.29, 1.82) is 0 Å². The molecule has 0 spiro atoms. The molecule has 3 nitrogen and oxygen atoms in total. The van der Waals surface area contributed by atoms with Gasteiger partial charge in [0.2, 0.25) is 0 Å². The summed E-state index contributed by atoms with van der Waals surface area (Å²) < 4.78 is 27.5. The highest BCUT2D eigenvalue weighted by molar-refractivity contribution is 5.49. The Bertz CT molecular complexity index is 447. The summed E-state index contributed by atoms with van der Waals surface area (Å²) in [5, 5.41) is 2.89. The third kappa shape index (κ3) is 3.14. The maximum absolute atomic E-state index is 13.9. The van der Waals surface area contributed by atoms with Crippen molar-refractivity contribution < 1.29 is 8.78 Å². The summed E-state index contributed by atoms with van der Waals surface area (Å²) >= 11 is 0. The van der Waals surface area contributed by atoms with E-state index < -0.39 is 11.6 Å². The molecule has 1 aliphatic rings. The Labute approximate surface area is 113 Å². The predicted molar refractivity (Wildman–Crippen MR) is 73.5 cm³/mol. The van der Waals surface area contributed by atoms with Gasteiger partial charge in [0, 0.05) is 25.7 Å². The molecule has 0 amide bonds. The molecule has 5 heteroatoms. The van der Waals surface area contributed by atoms with E-state index in [4.69, 9.17) is 0 Å². The molecular weight excluding hydrogens is 248 g/mol. The summed E-state index contributed by atoms with van der Waals surface area (Å²) in [4.78, 5) is 5.91. The van der Waals surface area contributed by atoms with Crippen molar-refractivity contribution in [3.05, 3.63) is 17.7 Å². The molecule has 1 saturated carbocycles. The Kier molecular flexibility index (Phi) is 4.22. The number of anilines is 2. The molecule has 0 bridgehead atoms. The van der Waals surface area contributed by atoms with E-state index in [0.29, 0.717) is 12.5 Å². The lowest BCUT2D eigenvalue weighted by atomic mass is 10.2. The van der Waals surface area contributed by atoms with Crippen LogP contribution in [0.5, 0.6) is 0 Å². The average Bonchev–Trinajstić information content (AvgIpc) is 3.20. The Morgan fingerprint density at radius 2 is 2.11 bits per heavy atom. The third-order valence-corrected chi connectivity index (χ3v) is 3.70. The van der Waals surface area contributed by atoms with Gasteiger partial charge < -0.3 is 10.2 Å². The van der Waals surface area contributed by atoms with Crippen molar-refractivity contribution in [3.63, 3.8) is 0 Å². The summed E-state index contributed by atoms with van der Waals surface area (Å²) in [6, 6.07) is 1.14. The number of rotatable bonds is 6. The second-order valence-corrected chi connectivity index (χ2v) is 5.24. The maximum atomic E-state index is 13.9. The monoisotopic (exact) mass is 269 g/mol. The van der Waals surface area contributed by atoms with Crippen LogP contribution >= 0.6 is 0 Å². The fourth-order valence-electron chi connectivity index (χ4n) is 2.16. The molecule has 1 N–H and O–H groups in total. The Balaban J connectivity index is 2.22. The molecule has 19 heavy (non-hydrogen) atoms. The van der Waals surface area contributed by atoms with Crippen molar-refractivity contribution in [3.8, 4) is 0 Å². The number of nitrogens with one attached hydrogen (secondary N) is 1. The molecule has 106 valence electrons. The van der Waals surface area contributed by atoms with Gasteiger partial charge in [0.15, 0.2) is 23.3 Å². The van der Waals surface area contributed by atoms with E-state index in [2.05, 4.69) is 17.2 Å². The van der Waals surface area contributed by atoms with Crippen LogP contribution < -0.4 is 10.2 Å². The van der Waals surface area contributed by atoms with E-state index in [-0.39, 0.29) is 17.7 Å². The Morgan fingerprint density at radius 3 is 2.68 bits per heavy atom. The molecule has 1 aromatic rings. The predicted octanol–water partition coefficient (Wildman–Crippen LogP) is 3.42. The molecule has 1 aliphatic carbocycles. The van der Waals surface area contributed by atoms with Crippen LogP contribution in [-0.4, -0.2) is 24.6 Å². The van der Waals surface area contributed by atoms with E-state index in [1.54, 1.807) is 0 Å². The minimum absolute atomic E-state index is 0.132. The maximum Gasteiger partial charge on any atom is 0.168 e. The SMILES string of the molecule is CCCNc1nc(N(C)C(C)C2CC2)c(F)cc1F. The van der Waals surface area contributed by atoms with Crippen LogP contribution in [0.15, 0.2) is 6.07 Å². The van der Waals surface area contributed by atoms with Gasteiger partial charge in [-0.2, -0.15) is 0 Å². The summed E-state index contributed by atoms with van der Waals surface area (Å²) in [7, 11) is 1.82. The van der Waals surface area contributed by atoms with Crippen LogP contribution in [0.2, 0.25) is 0 Å². The van der Waals surface area contributed by atoms with Crippen LogP contribution in [0.1, 0.15) is 33.1 Å². The van der Waals surface area contributed by atoms with Gasteiger partial charge in [-0.15, -0.1) is 0 Å². The van der Waals surface area contributed by atoms with Gasteiger partial charge in [0.1, 0.15) is 0 Å². The molecular formula is C14H21F2N3. The normalized spacial score (nSPS) is 16.3. The van der Waals surface area contributed by atoms with E-state index in [0.717, 1.165) is 12.5 Å².